The van der Waals surface area contributed by atoms with Gasteiger partial charge in [-0.15, -0.1) is 11.3 Å². The van der Waals surface area contributed by atoms with Gasteiger partial charge in [0, 0.05) is 49.4 Å². The van der Waals surface area contributed by atoms with Crippen LogP contribution in [-0.2, 0) is 17.8 Å². The third kappa shape index (κ3) is 6.28. The van der Waals surface area contributed by atoms with Gasteiger partial charge in [0.15, 0.2) is 0 Å². The molecule has 0 radical (unpaired) electrons. The maximum Gasteiger partial charge on any atom is 0.230 e. The van der Waals surface area contributed by atoms with Gasteiger partial charge in [0.2, 0.25) is 5.91 Å². The monoisotopic (exact) mass is 462 g/mol. The number of aromatic nitrogens is 1. The van der Waals surface area contributed by atoms with Gasteiger partial charge >= 0.3 is 0 Å². The molecule has 1 atom stereocenters. The van der Waals surface area contributed by atoms with Crippen molar-refractivity contribution in [1.29, 1.82) is 0 Å². The molecule has 1 saturated heterocycles. The van der Waals surface area contributed by atoms with E-state index in [1.165, 1.54) is 11.1 Å². The molecule has 2 heterocycles. The number of carbonyl (C=O) groups excluding carboxylic acids is 1. The van der Waals surface area contributed by atoms with Crippen molar-refractivity contribution < 1.29 is 4.79 Å². The molecule has 6 heteroatoms. The maximum absolute atomic E-state index is 12.7. The summed E-state index contributed by atoms with van der Waals surface area (Å²) in [6, 6.07) is 16.7. The first kappa shape index (κ1) is 23.6. The average Bonchev–Trinajstić information content (AvgIpc) is 3.29. The zero-order valence-corrected chi connectivity index (χ0v) is 20.7. The fraction of sp³-hybridized carbons (Fsp3) is 0.407. The van der Waals surface area contributed by atoms with Crippen molar-refractivity contribution in [3.8, 4) is 10.6 Å². The third-order valence-electron chi connectivity index (χ3n) is 6.45. The summed E-state index contributed by atoms with van der Waals surface area (Å²) >= 11 is 1.61. The van der Waals surface area contributed by atoms with E-state index in [4.69, 9.17) is 4.98 Å². The van der Waals surface area contributed by atoms with Gasteiger partial charge in [0.25, 0.3) is 0 Å². The van der Waals surface area contributed by atoms with Crippen molar-refractivity contribution >= 4 is 22.9 Å². The maximum atomic E-state index is 12.7. The van der Waals surface area contributed by atoms with Crippen LogP contribution in [0.25, 0.3) is 10.6 Å². The van der Waals surface area contributed by atoms with Gasteiger partial charge in [0.05, 0.1) is 12.1 Å². The second-order valence-electron chi connectivity index (χ2n) is 9.05. The summed E-state index contributed by atoms with van der Waals surface area (Å²) in [5, 5.41) is 6.07. The number of para-hydroxylation sites is 1. The molecule has 1 aliphatic heterocycles. The zero-order chi connectivity index (χ0) is 23.2. The lowest BCUT2D eigenvalue weighted by atomic mass is 9.97. The quantitative estimate of drug-likeness (QED) is 0.497. The van der Waals surface area contributed by atoms with Crippen LogP contribution in [0.4, 0.5) is 5.69 Å². The number of nitrogens with zero attached hydrogens (tertiary/aromatic N) is 3. The predicted molar refractivity (Wildman–Crippen MR) is 138 cm³/mol. The SMILES string of the molecule is CCC(C)c1ccccc1NC(=O)Cc1csc(-c2cccc(CN3CCN(C)CC3)c2)n1. The van der Waals surface area contributed by atoms with E-state index in [1.807, 2.05) is 23.6 Å². The van der Waals surface area contributed by atoms with Gasteiger partial charge in [-0.3, -0.25) is 9.69 Å². The summed E-state index contributed by atoms with van der Waals surface area (Å²) in [5.74, 6) is 0.386. The Balaban J connectivity index is 1.39. The normalized spacial score (nSPS) is 16.0. The van der Waals surface area contributed by atoms with E-state index < -0.39 is 0 Å². The Bertz CT molecular complexity index is 1070. The summed E-state index contributed by atoms with van der Waals surface area (Å²) in [5.41, 5.74) is 5.35. The van der Waals surface area contributed by atoms with Crippen LogP contribution < -0.4 is 5.32 Å². The van der Waals surface area contributed by atoms with E-state index in [-0.39, 0.29) is 12.3 Å². The molecule has 0 aliphatic carbocycles. The molecule has 5 nitrogen and oxygen atoms in total. The van der Waals surface area contributed by atoms with Crippen molar-refractivity contribution in [2.75, 3.05) is 38.5 Å². The van der Waals surface area contributed by atoms with Crippen molar-refractivity contribution in [3.63, 3.8) is 0 Å². The lowest BCUT2D eigenvalue weighted by Crippen LogP contribution is -2.43. The minimum Gasteiger partial charge on any atom is -0.325 e. The molecule has 1 unspecified atom stereocenters. The van der Waals surface area contributed by atoms with Gasteiger partial charge in [0.1, 0.15) is 5.01 Å². The average molecular weight is 463 g/mol. The number of anilines is 1. The molecule has 1 amide bonds. The van der Waals surface area contributed by atoms with Crippen LogP contribution in [0.5, 0.6) is 0 Å². The van der Waals surface area contributed by atoms with Gasteiger partial charge in [-0.2, -0.15) is 0 Å². The molecule has 1 fully saturated rings. The van der Waals surface area contributed by atoms with Gasteiger partial charge in [-0.05, 0) is 42.6 Å². The van der Waals surface area contributed by atoms with Crippen LogP contribution in [0.3, 0.4) is 0 Å². The minimum atomic E-state index is -0.0218. The molecule has 0 spiro atoms. The largest absolute Gasteiger partial charge is 0.325 e. The molecular formula is C27H34N4OS. The molecule has 2 aromatic carbocycles. The smallest absolute Gasteiger partial charge is 0.230 e. The molecule has 3 aromatic rings. The third-order valence-corrected chi connectivity index (χ3v) is 7.39. The summed E-state index contributed by atoms with van der Waals surface area (Å²) in [4.78, 5) is 22.4. The first-order valence-electron chi connectivity index (χ1n) is 11.8. The van der Waals surface area contributed by atoms with Crippen molar-refractivity contribution in [3.05, 3.63) is 70.7 Å². The van der Waals surface area contributed by atoms with E-state index in [2.05, 4.69) is 66.3 Å². The van der Waals surface area contributed by atoms with Crippen molar-refractivity contribution in [2.45, 2.75) is 39.2 Å². The Morgan fingerprint density at radius 3 is 2.70 bits per heavy atom. The summed E-state index contributed by atoms with van der Waals surface area (Å²) in [6.07, 6.45) is 1.32. The highest BCUT2D eigenvalue weighted by molar-refractivity contribution is 7.13. The second-order valence-corrected chi connectivity index (χ2v) is 9.90. The van der Waals surface area contributed by atoms with Crippen molar-refractivity contribution in [2.24, 2.45) is 0 Å². The number of hydrogen-bond donors (Lipinski definition) is 1. The van der Waals surface area contributed by atoms with Crippen LogP contribution in [-0.4, -0.2) is 53.9 Å². The number of benzene rings is 2. The number of hydrogen-bond acceptors (Lipinski definition) is 5. The lowest BCUT2D eigenvalue weighted by Gasteiger charge is -2.32. The van der Waals surface area contributed by atoms with Crippen LogP contribution >= 0.6 is 11.3 Å². The molecule has 4 rings (SSSR count). The topological polar surface area (TPSA) is 48.5 Å². The lowest BCUT2D eigenvalue weighted by molar-refractivity contribution is -0.115. The Kier molecular flexibility index (Phi) is 7.91. The fourth-order valence-corrected chi connectivity index (χ4v) is 5.02. The summed E-state index contributed by atoms with van der Waals surface area (Å²) in [6.45, 7) is 9.79. The number of thiazole rings is 1. The number of nitrogens with one attached hydrogen (secondary N) is 1. The van der Waals surface area contributed by atoms with E-state index in [0.29, 0.717) is 5.92 Å². The number of piperazine rings is 1. The summed E-state index contributed by atoms with van der Waals surface area (Å²) in [7, 11) is 2.18. The Hall–Kier alpha value is -2.54. The van der Waals surface area contributed by atoms with E-state index in [0.717, 1.165) is 61.1 Å². The number of carbonyl (C=O) groups is 1. The molecule has 0 saturated carbocycles. The van der Waals surface area contributed by atoms with Crippen molar-refractivity contribution in [1.82, 2.24) is 14.8 Å². The van der Waals surface area contributed by atoms with E-state index in [9.17, 15) is 4.79 Å². The van der Waals surface area contributed by atoms with E-state index >= 15 is 0 Å². The molecule has 1 aromatic heterocycles. The van der Waals surface area contributed by atoms with E-state index in [1.54, 1.807) is 11.3 Å². The van der Waals surface area contributed by atoms with Crippen LogP contribution in [0.15, 0.2) is 53.9 Å². The molecule has 33 heavy (non-hydrogen) atoms. The molecule has 0 bridgehead atoms. The predicted octanol–water partition coefficient (Wildman–Crippen LogP) is 5.25. The number of likely N-dealkylation sites (N-methyl/N-ethyl adjacent to an activating group) is 1. The van der Waals surface area contributed by atoms with Gasteiger partial charge < -0.3 is 10.2 Å². The Labute approximate surface area is 201 Å². The molecular weight excluding hydrogens is 428 g/mol. The highest BCUT2D eigenvalue weighted by atomic mass is 32.1. The van der Waals surface area contributed by atoms with Gasteiger partial charge in [-0.1, -0.05) is 50.2 Å². The first-order valence-corrected chi connectivity index (χ1v) is 12.7. The Morgan fingerprint density at radius 2 is 1.91 bits per heavy atom. The highest BCUT2D eigenvalue weighted by Gasteiger charge is 2.16. The standard InChI is InChI=1S/C27H34N4OS/c1-4-20(2)24-10-5-6-11-25(24)29-26(32)17-23-19-33-27(28-23)22-9-7-8-21(16-22)18-31-14-12-30(3)13-15-31/h5-11,16,19-20H,4,12-15,17-18H2,1-3H3,(H,29,32). The van der Waals surface area contributed by atoms with Crippen LogP contribution in [0, 0.1) is 0 Å². The molecule has 1 N–H and O–H groups in total. The number of rotatable bonds is 8. The minimum absolute atomic E-state index is 0.0218. The zero-order valence-electron chi connectivity index (χ0n) is 19.9. The molecule has 174 valence electrons. The van der Waals surface area contributed by atoms with Crippen LogP contribution in [0.2, 0.25) is 0 Å². The highest BCUT2D eigenvalue weighted by Crippen LogP contribution is 2.28. The number of amides is 1. The second kappa shape index (κ2) is 11.1. The Morgan fingerprint density at radius 1 is 1.12 bits per heavy atom. The fourth-order valence-electron chi connectivity index (χ4n) is 4.21. The van der Waals surface area contributed by atoms with Crippen LogP contribution in [0.1, 0.15) is 43.0 Å². The summed E-state index contributed by atoms with van der Waals surface area (Å²) < 4.78 is 0. The first-order chi connectivity index (χ1) is 16.0. The molecule has 1 aliphatic rings. The van der Waals surface area contributed by atoms with Gasteiger partial charge in [-0.25, -0.2) is 4.98 Å².